The molecule has 3 heterocycles. The molecular weight excluding hydrogens is 674 g/mol. The molecule has 2 bridgehead atoms. The van der Waals surface area contributed by atoms with Crippen LogP contribution in [0, 0.1) is 29.6 Å². The average molecular weight is 704 g/mol. The monoisotopic (exact) mass is 703 g/mol. The van der Waals surface area contributed by atoms with Crippen molar-refractivity contribution < 1.29 is 28.6 Å². The minimum atomic E-state index is -0.468. The van der Waals surface area contributed by atoms with Gasteiger partial charge in [0.2, 0.25) is 11.8 Å². The number of carbonyl (C=O) groups is 3. The van der Waals surface area contributed by atoms with Crippen LogP contribution in [0.2, 0.25) is 5.02 Å². The lowest BCUT2D eigenvalue weighted by atomic mass is 9.68. The Morgan fingerprint density at radius 1 is 0.938 bits per heavy atom. The molecule has 8 rings (SSSR count). The summed E-state index contributed by atoms with van der Waals surface area (Å²) in [4.78, 5) is 58.8. The van der Waals surface area contributed by atoms with E-state index in [1.165, 1.54) is 4.90 Å². The highest BCUT2D eigenvalue weighted by atomic mass is 35.5. The first-order chi connectivity index (χ1) is 23.2. The minimum Gasteiger partial charge on any atom is -0.497 e. The number of thioether (sulfide) groups is 1. The van der Waals surface area contributed by atoms with E-state index in [1.54, 1.807) is 86.6 Å². The minimum absolute atomic E-state index is 0.0169. The number of anilines is 2. The molecule has 4 aliphatic rings. The fourth-order valence-corrected chi connectivity index (χ4v) is 11.3. The SMILES string of the molecule is COc1ccc(NC(=O)COc2ccc(Cl)cc2[C@H]2c3sc(=O)[nH]c3SC3C2[C@H]2C[C@@H]3C3C(=O)N(c4ccc(OC)cc4)C(=O)C32)cc1. The highest BCUT2D eigenvalue weighted by Gasteiger charge is 2.69. The van der Waals surface area contributed by atoms with E-state index < -0.39 is 11.8 Å². The zero-order valence-electron chi connectivity index (χ0n) is 25.8. The molecule has 3 aromatic carbocycles. The van der Waals surface area contributed by atoms with Gasteiger partial charge in [-0.1, -0.05) is 22.9 Å². The maximum absolute atomic E-state index is 14.1. The molecule has 1 aromatic heterocycles. The number of aromatic nitrogens is 1. The Morgan fingerprint density at radius 2 is 1.60 bits per heavy atom. The van der Waals surface area contributed by atoms with E-state index in [0.29, 0.717) is 33.6 Å². The van der Waals surface area contributed by atoms with Crippen molar-refractivity contribution in [3.05, 3.63) is 91.9 Å². The second kappa shape index (κ2) is 12.0. The summed E-state index contributed by atoms with van der Waals surface area (Å²) in [5.74, 6) is -0.354. The number of ether oxygens (including phenoxy) is 3. The fourth-order valence-electron chi connectivity index (χ4n) is 8.26. The summed E-state index contributed by atoms with van der Waals surface area (Å²) in [5.41, 5.74) is 1.89. The number of amides is 3. The molecule has 4 aromatic rings. The molecule has 2 aliphatic carbocycles. The molecular formula is C35H30ClN3O7S2. The van der Waals surface area contributed by atoms with Gasteiger partial charge in [-0.25, -0.2) is 0 Å². The average Bonchev–Trinajstić information content (AvgIpc) is 3.83. The standard InChI is InChI=1S/C35H30ClN3O7S2/c1-44-19-8-4-17(5-9-19)37-25(40)15-46-24-12-3-16(36)13-21(24)26-27-22-14-23(30(27)47-32-31(26)48-35(43)38-32)29-28(22)33(41)39(34(29)42)18-6-10-20(45-2)11-7-18/h3-13,22-23,26-30H,14-15H2,1-2H3,(H,37,40)(H,38,43)/t22-,23-,26-,27?,28?,29?,30?/m1/s1. The first-order valence-electron chi connectivity index (χ1n) is 15.5. The molecule has 2 saturated carbocycles. The van der Waals surface area contributed by atoms with Crippen molar-refractivity contribution in [3.63, 3.8) is 0 Å². The van der Waals surface area contributed by atoms with Gasteiger partial charge in [0, 0.05) is 32.3 Å². The van der Waals surface area contributed by atoms with E-state index >= 15 is 0 Å². The van der Waals surface area contributed by atoms with Crippen molar-refractivity contribution in [1.82, 2.24) is 4.98 Å². The van der Waals surface area contributed by atoms with E-state index in [2.05, 4.69) is 10.3 Å². The van der Waals surface area contributed by atoms with E-state index in [9.17, 15) is 19.2 Å². The molecule has 246 valence electrons. The Balaban J connectivity index is 1.12. The highest BCUT2D eigenvalue weighted by molar-refractivity contribution is 8.00. The zero-order chi connectivity index (χ0) is 33.3. The molecule has 0 radical (unpaired) electrons. The maximum Gasteiger partial charge on any atom is 0.305 e. The predicted octanol–water partition coefficient (Wildman–Crippen LogP) is 5.80. The van der Waals surface area contributed by atoms with Gasteiger partial charge in [-0.2, -0.15) is 0 Å². The van der Waals surface area contributed by atoms with E-state index in [4.69, 9.17) is 25.8 Å². The van der Waals surface area contributed by atoms with Gasteiger partial charge in [0.1, 0.15) is 17.2 Å². The third kappa shape index (κ3) is 5.00. The molecule has 13 heteroatoms. The summed E-state index contributed by atoms with van der Waals surface area (Å²) in [6.07, 6.45) is 0.738. The number of benzene rings is 3. The second-order valence-corrected chi connectivity index (χ2v) is 15.1. The molecule has 10 nitrogen and oxygen atoms in total. The number of methoxy groups -OCH3 is 2. The molecule has 1 saturated heterocycles. The molecule has 2 aliphatic heterocycles. The summed E-state index contributed by atoms with van der Waals surface area (Å²) in [6.45, 7) is -0.257. The molecule has 4 unspecified atom stereocenters. The third-order valence-corrected chi connectivity index (χ3v) is 12.9. The first-order valence-corrected chi connectivity index (χ1v) is 17.6. The van der Waals surface area contributed by atoms with Gasteiger partial charge in [-0.15, -0.1) is 11.8 Å². The van der Waals surface area contributed by atoms with Crippen LogP contribution in [0.3, 0.4) is 0 Å². The summed E-state index contributed by atoms with van der Waals surface area (Å²) < 4.78 is 16.6. The van der Waals surface area contributed by atoms with Crippen molar-refractivity contribution in [2.45, 2.75) is 22.6 Å². The molecule has 3 amide bonds. The molecule has 2 N–H and O–H groups in total. The zero-order valence-corrected chi connectivity index (χ0v) is 28.2. The molecule has 48 heavy (non-hydrogen) atoms. The molecule has 0 spiro atoms. The Morgan fingerprint density at radius 3 is 2.29 bits per heavy atom. The number of thiazole rings is 1. The lowest BCUT2D eigenvalue weighted by molar-refractivity contribution is -0.123. The number of nitrogens with one attached hydrogen (secondary N) is 2. The van der Waals surface area contributed by atoms with Gasteiger partial charge < -0.3 is 24.5 Å². The number of imide groups is 1. The Labute approximate surface area is 288 Å². The van der Waals surface area contributed by atoms with Crippen LogP contribution in [0.15, 0.2) is 76.6 Å². The lowest BCUT2D eigenvalue weighted by Crippen LogP contribution is -2.42. The van der Waals surface area contributed by atoms with Gasteiger partial charge in [-0.05, 0) is 90.9 Å². The number of fused-ring (bicyclic) bond motifs is 9. The number of carbonyl (C=O) groups excluding carboxylic acids is 3. The number of halogens is 1. The fraction of sp³-hybridized carbons (Fsp3) is 0.314. The van der Waals surface area contributed by atoms with Crippen LogP contribution in [0.4, 0.5) is 11.4 Å². The van der Waals surface area contributed by atoms with Gasteiger partial charge in [-0.3, -0.25) is 24.1 Å². The Kier molecular flexibility index (Phi) is 7.77. The summed E-state index contributed by atoms with van der Waals surface area (Å²) in [5, 5.41) is 4.07. The van der Waals surface area contributed by atoms with Crippen LogP contribution in [0.5, 0.6) is 17.2 Å². The lowest BCUT2D eigenvalue weighted by Gasteiger charge is -2.43. The van der Waals surface area contributed by atoms with Crippen molar-refractivity contribution in [1.29, 1.82) is 0 Å². The normalized spacial score (nSPS) is 26.6. The van der Waals surface area contributed by atoms with Crippen LogP contribution < -0.4 is 29.3 Å². The van der Waals surface area contributed by atoms with Crippen LogP contribution in [-0.4, -0.2) is 48.8 Å². The summed E-state index contributed by atoms with van der Waals surface area (Å²) in [6, 6.07) is 19.3. The van der Waals surface area contributed by atoms with Crippen molar-refractivity contribution >= 4 is 63.8 Å². The number of aromatic amines is 1. The van der Waals surface area contributed by atoms with Crippen LogP contribution in [0.25, 0.3) is 0 Å². The van der Waals surface area contributed by atoms with Crippen molar-refractivity contribution in [2.24, 2.45) is 29.6 Å². The van der Waals surface area contributed by atoms with Crippen LogP contribution >= 0.6 is 34.7 Å². The van der Waals surface area contributed by atoms with Gasteiger partial charge in [0.05, 0.1) is 36.8 Å². The van der Waals surface area contributed by atoms with Gasteiger partial charge >= 0.3 is 4.87 Å². The molecule has 7 atom stereocenters. The molecule has 3 fully saturated rings. The van der Waals surface area contributed by atoms with Gasteiger partial charge in [0.15, 0.2) is 6.61 Å². The van der Waals surface area contributed by atoms with E-state index in [0.717, 1.165) is 33.2 Å². The van der Waals surface area contributed by atoms with Crippen LogP contribution in [-0.2, 0) is 14.4 Å². The summed E-state index contributed by atoms with van der Waals surface area (Å²) >= 11 is 9.35. The first kappa shape index (κ1) is 31.0. The summed E-state index contributed by atoms with van der Waals surface area (Å²) in [7, 11) is 3.14. The smallest absolute Gasteiger partial charge is 0.305 e. The van der Waals surface area contributed by atoms with Crippen LogP contribution in [0.1, 0.15) is 22.8 Å². The largest absolute Gasteiger partial charge is 0.497 e. The number of hydrogen-bond donors (Lipinski definition) is 2. The Hall–Kier alpha value is -4.26. The Bertz CT molecular complexity index is 2000. The third-order valence-electron chi connectivity index (χ3n) is 10.1. The maximum atomic E-state index is 14.1. The van der Waals surface area contributed by atoms with Crippen molar-refractivity contribution in [2.75, 3.05) is 31.0 Å². The van der Waals surface area contributed by atoms with Crippen molar-refractivity contribution in [3.8, 4) is 17.2 Å². The highest BCUT2D eigenvalue weighted by Crippen LogP contribution is 2.69. The number of nitrogens with zero attached hydrogens (tertiary/aromatic N) is 1. The van der Waals surface area contributed by atoms with Gasteiger partial charge in [0.25, 0.3) is 5.91 Å². The topological polar surface area (TPSA) is 127 Å². The number of H-pyrrole nitrogens is 1. The van der Waals surface area contributed by atoms with E-state index in [1.807, 2.05) is 6.07 Å². The van der Waals surface area contributed by atoms with E-state index in [-0.39, 0.29) is 58.1 Å². The predicted molar refractivity (Wildman–Crippen MR) is 183 cm³/mol. The number of rotatable bonds is 8. The number of hydrogen-bond acceptors (Lipinski definition) is 9. The second-order valence-electron chi connectivity index (χ2n) is 12.4. The quantitative estimate of drug-likeness (QED) is 0.221.